The number of halogens is 3. The van der Waals surface area contributed by atoms with Crippen molar-refractivity contribution in [3.05, 3.63) is 0 Å². The molecule has 1 fully saturated rings. The maximum atomic E-state index is 12.3. The van der Waals surface area contributed by atoms with Crippen LogP contribution in [0.15, 0.2) is 0 Å². The van der Waals surface area contributed by atoms with Crippen molar-refractivity contribution in [3.63, 3.8) is 0 Å². The van der Waals surface area contributed by atoms with Crippen molar-refractivity contribution in [1.82, 2.24) is 10.2 Å². The molecule has 0 aromatic rings. The summed E-state index contributed by atoms with van der Waals surface area (Å²) in [5.74, 6) is -2.89. The zero-order chi connectivity index (χ0) is 16.2. The van der Waals surface area contributed by atoms with Crippen molar-refractivity contribution in [2.75, 3.05) is 19.7 Å². The van der Waals surface area contributed by atoms with Crippen LogP contribution in [0.3, 0.4) is 0 Å². The maximum absolute atomic E-state index is 12.3. The molecule has 0 aromatic heterocycles. The van der Waals surface area contributed by atoms with Gasteiger partial charge in [-0.15, -0.1) is 0 Å². The minimum atomic E-state index is -4.50. The van der Waals surface area contributed by atoms with E-state index in [1.165, 1.54) is 6.92 Å². The molecule has 0 saturated carbocycles. The Morgan fingerprint density at radius 2 is 2.10 bits per heavy atom. The Balaban J connectivity index is 2.53. The number of alkyl halides is 3. The molecular weight excluding hydrogens is 293 g/mol. The molecule has 1 aliphatic rings. The molecule has 21 heavy (non-hydrogen) atoms. The van der Waals surface area contributed by atoms with Gasteiger partial charge in [0.05, 0.1) is 12.5 Å². The first kappa shape index (κ1) is 17.3. The van der Waals surface area contributed by atoms with E-state index in [4.69, 9.17) is 4.74 Å². The van der Waals surface area contributed by atoms with E-state index >= 15 is 0 Å². The number of amides is 2. The monoisotopic (exact) mass is 310 g/mol. The van der Waals surface area contributed by atoms with Gasteiger partial charge in [-0.3, -0.25) is 9.59 Å². The second-order valence-electron chi connectivity index (χ2n) is 4.77. The fourth-order valence-corrected chi connectivity index (χ4v) is 1.97. The minimum Gasteiger partial charge on any atom is -0.464 e. The lowest BCUT2D eigenvalue weighted by Crippen LogP contribution is -2.43. The van der Waals surface area contributed by atoms with Gasteiger partial charge in [0.25, 0.3) is 0 Å². The van der Waals surface area contributed by atoms with Crippen molar-refractivity contribution < 1.29 is 32.3 Å². The fourth-order valence-electron chi connectivity index (χ4n) is 1.97. The molecule has 2 unspecified atom stereocenters. The number of hydrogen-bond donors (Lipinski definition) is 1. The highest BCUT2D eigenvalue weighted by Gasteiger charge is 2.40. The summed E-state index contributed by atoms with van der Waals surface area (Å²) < 4.78 is 41.5. The number of likely N-dealkylation sites (tertiary alicyclic amines) is 1. The Labute approximate surface area is 119 Å². The van der Waals surface area contributed by atoms with Crippen molar-refractivity contribution in [3.8, 4) is 0 Å². The molecule has 2 atom stereocenters. The van der Waals surface area contributed by atoms with Gasteiger partial charge in [0.2, 0.25) is 11.8 Å². The van der Waals surface area contributed by atoms with Gasteiger partial charge in [-0.2, -0.15) is 13.2 Å². The molecule has 1 heterocycles. The van der Waals surface area contributed by atoms with Crippen LogP contribution in [0, 0.1) is 5.92 Å². The van der Waals surface area contributed by atoms with Crippen LogP contribution in [0.25, 0.3) is 0 Å². The topological polar surface area (TPSA) is 75.7 Å². The van der Waals surface area contributed by atoms with E-state index < -0.39 is 42.5 Å². The number of carbonyl (C=O) groups excluding carboxylic acids is 3. The van der Waals surface area contributed by atoms with E-state index in [1.54, 1.807) is 6.92 Å². The highest BCUT2D eigenvalue weighted by Crippen LogP contribution is 2.23. The van der Waals surface area contributed by atoms with Gasteiger partial charge in [0.15, 0.2) is 0 Å². The van der Waals surface area contributed by atoms with Gasteiger partial charge in [0.1, 0.15) is 12.6 Å². The molecule has 1 N–H and O–H groups in total. The van der Waals surface area contributed by atoms with Crippen LogP contribution >= 0.6 is 0 Å². The summed E-state index contributed by atoms with van der Waals surface area (Å²) in [6, 6.07) is -0.913. The molecule has 120 valence electrons. The Morgan fingerprint density at radius 3 is 2.62 bits per heavy atom. The van der Waals surface area contributed by atoms with Crippen molar-refractivity contribution in [2.45, 2.75) is 32.5 Å². The number of rotatable bonds is 5. The molecular formula is C12H17F3N2O4. The summed E-state index contributed by atoms with van der Waals surface area (Å²) in [7, 11) is 0. The van der Waals surface area contributed by atoms with Crippen LogP contribution in [-0.2, 0) is 19.1 Å². The second kappa shape index (κ2) is 6.77. The van der Waals surface area contributed by atoms with Crippen molar-refractivity contribution in [2.24, 2.45) is 5.92 Å². The lowest BCUT2D eigenvalue weighted by Gasteiger charge is -2.19. The molecule has 0 aliphatic carbocycles. The lowest BCUT2D eigenvalue weighted by molar-refractivity contribution is -0.157. The first-order chi connectivity index (χ1) is 9.64. The molecule has 2 amide bonds. The average Bonchev–Trinajstić information content (AvgIpc) is 2.69. The third-order valence-electron chi connectivity index (χ3n) is 2.95. The first-order valence-corrected chi connectivity index (χ1v) is 6.45. The third kappa shape index (κ3) is 5.24. The van der Waals surface area contributed by atoms with Crippen molar-refractivity contribution in [1.29, 1.82) is 0 Å². The van der Waals surface area contributed by atoms with Gasteiger partial charge < -0.3 is 15.0 Å². The van der Waals surface area contributed by atoms with E-state index in [0.717, 1.165) is 0 Å². The summed E-state index contributed by atoms with van der Waals surface area (Å²) in [6.07, 6.45) is -4.79. The van der Waals surface area contributed by atoms with Crippen LogP contribution in [0.4, 0.5) is 13.2 Å². The highest BCUT2D eigenvalue weighted by molar-refractivity contribution is 5.91. The number of esters is 1. The van der Waals surface area contributed by atoms with Gasteiger partial charge >= 0.3 is 12.1 Å². The predicted molar refractivity (Wildman–Crippen MR) is 65.0 cm³/mol. The number of hydrogen-bond acceptors (Lipinski definition) is 4. The molecule has 0 aromatic carbocycles. The normalized spacial score (nSPS) is 20.3. The zero-order valence-corrected chi connectivity index (χ0v) is 11.7. The molecule has 1 saturated heterocycles. The second-order valence-corrected chi connectivity index (χ2v) is 4.77. The van der Waals surface area contributed by atoms with E-state index in [9.17, 15) is 27.6 Å². The van der Waals surface area contributed by atoms with Crippen LogP contribution in [0.1, 0.15) is 20.3 Å². The molecule has 0 spiro atoms. The third-order valence-corrected chi connectivity index (χ3v) is 2.95. The number of nitrogens with zero attached hydrogens (tertiary/aromatic N) is 1. The van der Waals surface area contributed by atoms with Gasteiger partial charge in [-0.05, 0) is 13.8 Å². The van der Waals surface area contributed by atoms with Crippen LogP contribution in [0.2, 0.25) is 0 Å². The minimum absolute atomic E-state index is 0.153. The Kier molecular flexibility index (Phi) is 5.56. The summed E-state index contributed by atoms with van der Waals surface area (Å²) in [5, 5.41) is 2.34. The van der Waals surface area contributed by atoms with E-state index in [-0.39, 0.29) is 19.6 Å². The highest BCUT2D eigenvalue weighted by atomic mass is 19.4. The summed E-state index contributed by atoms with van der Waals surface area (Å²) in [5.41, 5.74) is 0. The van der Waals surface area contributed by atoms with Gasteiger partial charge in [-0.1, -0.05) is 0 Å². The largest absolute Gasteiger partial charge is 0.464 e. The zero-order valence-electron chi connectivity index (χ0n) is 11.7. The number of nitrogens with one attached hydrogen (secondary N) is 1. The molecule has 0 bridgehead atoms. The van der Waals surface area contributed by atoms with E-state index in [1.807, 2.05) is 0 Å². The van der Waals surface area contributed by atoms with E-state index in [0.29, 0.717) is 4.90 Å². The van der Waals surface area contributed by atoms with Crippen LogP contribution < -0.4 is 5.32 Å². The molecule has 1 aliphatic heterocycles. The quantitative estimate of drug-likeness (QED) is 0.749. The summed E-state index contributed by atoms with van der Waals surface area (Å²) in [6.45, 7) is 1.49. The number of carbonyl (C=O) groups is 3. The lowest BCUT2D eigenvalue weighted by atomic mass is 10.1. The van der Waals surface area contributed by atoms with Gasteiger partial charge in [-0.25, -0.2) is 4.79 Å². The molecule has 1 rings (SSSR count). The fraction of sp³-hybridized carbons (Fsp3) is 0.750. The Hall–Kier alpha value is -1.80. The van der Waals surface area contributed by atoms with E-state index in [2.05, 4.69) is 5.32 Å². The molecule has 6 nitrogen and oxygen atoms in total. The Bertz CT molecular complexity index is 425. The van der Waals surface area contributed by atoms with Gasteiger partial charge in [0, 0.05) is 13.0 Å². The van der Waals surface area contributed by atoms with Crippen molar-refractivity contribution >= 4 is 17.8 Å². The smallest absolute Gasteiger partial charge is 0.406 e. The predicted octanol–water partition coefficient (Wildman–Crippen LogP) is 0.465. The average molecular weight is 310 g/mol. The number of ether oxygens (including phenoxy) is 1. The molecule has 0 radical (unpaired) electrons. The van der Waals surface area contributed by atoms with Crippen LogP contribution in [0.5, 0.6) is 0 Å². The van der Waals surface area contributed by atoms with Crippen LogP contribution in [-0.4, -0.2) is 54.6 Å². The SMILES string of the molecule is CCOC(=O)C(C)NC(=O)C1CC(=O)N(CC(F)(F)F)C1. The summed E-state index contributed by atoms with van der Waals surface area (Å²) in [4.78, 5) is 35.2. The maximum Gasteiger partial charge on any atom is 0.406 e. The molecule has 9 heteroatoms. The first-order valence-electron chi connectivity index (χ1n) is 6.45. The Morgan fingerprint density at radius 1 is 1.48 bits per heavy atom. The standard InChI is InChI=1S/C12H17F3N2O4/c1-3-21-11(20)7(2)16-10(19)8-4-9(18)17(5-8)6-12(13,14)15/h7-8H,3-6H2,1-2H3,(H,16,19). The summed E-state index contributed by atoms with van der Waals surface area (Å²) >= 11 is 0.